The number of rotatable bonds is 8. The first-order chi connectivity index (χ1) is 18.9. The Morgan fingerprint density at radius 2 is 1.43 bits per heavy atom. The molecule has 0 bridgehead atoms. The summed E-state index contributed by atoms with van der Waals surface area (Å²) in [7, 11) is 2.69. The number of benzene rings is 1. The van der Waals surface area contributed by atoms with Crippen LogP contribution in [0.3, 0.4) is 0 Å². The molecule has 0 unspecified atom stereocenters. The van der Waals surface area contributed by atoms with Gasteiger partial charge >= 0.3 is 18.0 Å². The van der Waals surface area contributed by atoms with E-state index in [1.54, 1.807) is 22.7 Å². The normalized spacial score (nSPS) is 14.4. The van der Waals surface area contributed by atoms with Gasteiger partial charge in [-0.25, -0.2) is 9.59 Å². The van der Waals surface area contributed by atoms with Crippen LogP contribution in [0.2, 0.25) is 0 Å². The van der Waals surface area contributed by atoms with E-state index in [1.165, 1.54) is 36.5 Å². The van der Waals surface area contributed by atoms with Gasteiger partial charge in [-0.15, -0.1) is 35.1 Å². The Hall–Kier alpha value is -2.92. The van der Waals surface area contributed by atoms with Crippen LogP contribution in [-0.4, -0.2) is 44.3 Å². The zero-order chi connectivity index (χ0) is 27.8. The molecule has 2 atom stereocenters. The van der Waals surface area contributed by atoms with Gasteiger partial charge in [0.2, 0.25) is 0 Å². The van der Waals surface area contributed by atoms with E-state index in [0.29, 0.717) is 12.8 Å². The van der Waals surface area contributed by atoms with Crippen LogP contribution in [0.5, 0.6) is 0 Å². The maximum atomic E-state index is 12.7. The number of fused-ring (bicyclic) bond motifs is 2. The van der Waals surface area contributed by atoms with Crippen LogP contribution in [0.1, 0.15) is 44.8 Å². The number of carbonyl (C=O) groups excluding carboxylic acids is 3. The maximum Gasteiger partial charge on any atom is 0.328 e. The van der Waals surface area contributed by atoms with E-state index >= 15 is 0 Å². The molecule has 216 valence electrons. The van der Waals surface area contributed by atoms with Gasteiger partial charge in [0, 0.05) is 28.3 Å². The van der Waals surface area contributed by atoms with Gasteiger partial charge in [0.15, 0.2) is 0 Å². The lowest BCUT2D eigenvalue weighted by molar-refractivity contribution is -0.143. The van der Waals surface area contributed by atoms with Crippen LogP contribution in [-0.2, 0) is 57.6 Å². The van der Waals surface area contributed by atoms with E-state index in [1.807, 2.05) is 35.0 Å². The third kappa shape index (κ3) is 8.06. The molecular weight excluding hydrogens is 570 g/mol. The second-order valence-corrected chi connectivity index (χ2v) is 11.7. The van der Waals surface area contributed by atoms with Crippen molar-refractivity contribution in [2.75, 3.05) is 19.5 Å². The predicted octanol–water partition coefficient (Wildman–Crippen LogP) is 4.84. The molecule has 2 aliphatic rings. The number of esters is 2. The number of hydrogen-bond acceptors (Lipinski definition) is 8. The maximum absolute atomic E-state index is 12.7. The summed E-state index contributed by atoms with van der Waals surface area (Å²) in [5.74, 6) is -0.787. The number of thiophene rings is 2. The van der Waals surface area contributed by atoms with E-state index in [9.17, 15) is 14.4 Å². The van der Waals surface area contributed by atoms with Crippen LogP contribution in [0.25, 0.3) is 0 Å². The molecule has 0 aliphatic heterocycles. The highest BCUT2D eigenvalue weighted by Crippen LogP contribution is 2.38. The monoisotopic (exact) mass is 605 g/mol. The Kier molecular flexibility index (Phi) is 12.0. The summed E-state index contributed by atoms with van der Waals surface area (Å²) in [4.78, 5) is 37.9. The van der Waals surface area contributed by atoms with Crippen molar-refractivity contribution in [1.29, 1.82) is 0 Å². The Balaban J connectivity index is 0.000000287. The molecule has 2 aromatic heterocycles. The molecule has 0 spiro atoms. The largest absolute Gasteiger partial charge is 0.468 e. The second-order valence-electron chi connectivity index (χ2n) is 9.60. The minimum atomic E-state index is -0.696. The summed E-state index contributed by atoms with van der Waals surface area (Å²) in [6, 6.07) is 8.55. The lowest BCUT2D eigenvalue weighted by Gasteiger charge is -2.19. The van der Waals surface area contributed by atoms with Gasteiger partial charge in [0.1, 0.15) is 12.1 Å². The number of urea groups is 1. The van der Waals surface area contributed by atoms with Crippen molar-refractivity contribution < 1.29 is 23.9 Å². The molecule has 11 heteroatoms. The molecule has 5 rings (SSSR count). The van der Waals surface area contributed by atoms with Crippen molar-refractivity contribution in [2.24, 2.45) is 5.73 Å². The van der Waals surface area contributed by atoms with E-state index in [4.69, 9.17) is 10.5 Å². The second kappa shape index (κ2) is 15.2. The van der Waals surface area contributed by atoms with E-state index in [0.717, 1.165) is 54.0 Å². The third-order valence-electron chi connectivity index (χ3n) is 6.99. The fourth-order valence-corrected chi connectivity index (χ4v) is 6.64. The van der Waals surface area contributed by atoms with Gasteiger partial charge in [0.05, 0.1) is 14.2 Å². The average Bonchev–Trinajstić information content (AvgIpc) is 3.75. The fraction of sp³-hybridized carbons (Fsp3) is 0.414. The number of halogens is 1. The van der Waals surface area contributed by atoms with Crippen molar-refractivity contribution in [3.8, 4) is 0 Å². The van der Waals surface area contributed by atoms with Crippen LogP contribution < -0.4 is 16.4 Å². The topological polar surface area (TPSA) is 120 Å². The number of carbonyl (C=O) groups is 3. The number of nitrogens with two attached hydrogens (primary N) is 1. The van der Waals surface area contributed by atoms with Gasteiger partial charge < -0.3 is 25.8 Å². The molecule has 40 heavy (non-hydrogen) atoms. The molecule has 2 aliphatic carbocycles. The number of ether oxygens (including phenoxy) is 2. The van der Waals surface area contributed by atoms with E-state index in [2.05, 4.69) is 21.4 Å². The molecule has 0 saturated carbocycles. The van der Waals surface area contributed by atoms with Gasteiger partial charge in [0.25, 0.3) is 0 Å². The summed E-state index contributed by atoms with van der Waals surface area (Å²) in [5.41, 5.74) is 11.8. The Labute approximate surface area is 249 Å². The average molecular weight is 606 g/mol. The number of amides is 2. The summed E-state index contributed by atoms with van der Waals surface area (Å²) in [5, 5.41) is 9.81. The zero-order valence-electron chi connectivity index (χ0n) is 22.7. The summed E-state index contributed by atoms with van der Waals surface area (Å²) in [6.45, 7) is 0. The minimum Gasteiger partial charge on any atom is -0.468 e. The lowest BCUT2D eigenvalue weighted by Crippen LogP contribution is -2.45. The van der Waals surface area contributed by atoms with Crippen molar-refractivity contribution in [3.05, 3.63) is 73.1 Å². The first-order valence-corrected chi connectivity index (χ1v) is 14.9. The van der Waals surface area contributed by atoms with Crippen LogP contribution in [0.4, 0.5) is 10.5 Å². The molecule has 0 fully saturated rings. The van der Waals surface area contributed by atoms with Gasteiger partial charge in [-0.3, -0.25) is 4.79 Å². The molecule has 8 nitrogen and oxygen atoms in total. The molecule has 0 saturated heterocycles. The van der Waals surface area contributed by atoms with Gasteiger partial charge in [-0.05, 0) is 83.7 Å². The van der Waals surface area contributed by atoms with Gasteiger partial charge in [-0.2, -0.15) is 0 Å². The van der Waals surface area contributed by atoms with Crippen molar-refractivity contribution in [3.63, 3.8) is 0 Å². The number of anilines is 1. The van der Waals surface area contributed by atoms with Crippen LogP contribution in [0, 0.1) is 0 Å². The molecule has 4 N–H and O–H groups in total. The number of nitrogens with one attached hydrogen (secondary N) is 2. The molecule has 0 radical (unpaired) electrons. The first kappa shape index (κ1) is 31.6. The van der Waals surface area contributed by atoms with Crippen molar-refractivity contribution in [2.45, 2.75) is 63.5 Å². The molecule has 2 amide bonds. The number of aryl methyl sites for hydroxylation is 2. The highest BCUT2D eigenvalue weighted by Gasteiger charge is 2.27. The zero-order valence-corrected chi connectivity index (χ0v) is 25.1. The number of methoxy groups -OCH3 is 2. The highest BCUT2D eigenvalue weighted by molar-refractivity contribution is 7.10. The highest BCUT2D eigenvalue weighted by atomic mass is 35.5. The molecule has 3 aromatic rings. The summed E-state index contributed by atoms with van der Waals surface area (Å²) < 4.78 is 9.38. The lowest BCUT2D eigenvalue weighted by atomic mass is 9.99. The quantitative estimate of drug-likeness (QED) is 0.316. The summed E-state index contributed by atoms with van der Waals surface area (Å²) in [6.07, 6.45) is 7.45. The molecule has 1 aromatic carbocycles. The van der Waals surface area contributed by atoms with E-state index in [-0.39, 0.29) is 24.4 Å². The van der Waals surface area contributed by atoms with Crippen molar-refractivity contribution >= 4 is 58.7 Å². The SMILES string of the molecule is COC(=O)[C@@H](Cc1cccs1)NC(=O)Nc1c2c(cc3c1CCC3)CCC2.COC(=O)[C@H](N)Cc1cccs1.Cl. The fourth-order valence-electron chi connectivity index (χ4n) is 5.12. The van der Waals surface area contributed by atoms with Gasteiger partial charge in [-0.1, -0.05) is 18.2 Å². The van der Waals surface area contributed by atoms with E-state index < -0.39 is 18.1 Å². The summed E-state index contributed by atoms with van der Waals surface area (Å²) >= 11 is 3.15. The Morgan fingerprint density at radius 3 is 1.93 bits per heavy atom. The standard InChI is InChI=1S/C21H24N2O3S.C8H11NO2S.ClH/c1-26-20(24)18(12-15-7-4-10-27-15)22-21(25)23-19-16-8-2-5-13(16)11-14-6-3-9-17(14)19;1-11-8(10)7(9)5-6-3-2-4-12-6;/h4,7,10-11,18H,2-3,5-6,8-9,12H2,1H3,(H2,22,23,25);2-4,7H,5,9H2,1H3;1H/t18-;7-;/m11./s1. The Morgan fingerprint density at radius 1 is 0.875 bits per heavy atom. The van der Waals surface area contributed by atoms with Crippen molar-refractivity contribution in [1.82, 2.24) is 5.32 Å². The smallest absolute Gasteiger partial charge is 0.328 e. The van der Waals surface area contributed by atoms with Crippen LogP contribution >= 0.6 is 35.1 Å². The minimum absolute atomic E-state index is 0. The Bertz CT molecular complexity index is 1250. The van der Waals surface area contributed by atoms with Crippen LogP contribution in [0.15, 0.2) is 41.1 Å². The predicted molar refractivity (Wildman–Crippen MR) is 162 cm³/mol. The third-order valence-corrected chi connectivity index (χ3v) is 8.79. The number of hydrogen-bond donors (Lipinski definition) is 3. The molecule has 2 heterocycles. The first-order valence-electron chi connectivity index (χ1n) is 13.1. The molecular formula is C29H36ClN3O5S2.